The normalized spacial score (nSPS) is 33.3. The number of nitrogens with two attached hydrogens (primary N) is 1. The Morgan fingerprint density at radius 1 is 1.19 bits per heavy atom. The highest BCUT2D eigenvalue weighted by atomic mass is 16.5. The highest BCUT2D eigenvalue weighted by Gasteiger charge is 2.68. The summed E-state index contributed by atoms with van der Waals surface area (Å²) in [6.45, 7) is 4.39. The summed E-state index contributed by atoms with van der Waals surface area (Å²) in [4.78, 5) is 9.55. The van der Waals surface area contributed by atoms with Crippen molar-refractivity contribution in [2.75, 3.05) is 7.11 Å². The minimum Gasteiger partial charge on any atom is -0.475 e. The van der Waals surface area contributed by atoms with Crippen molar-refractivity contribution in [3.63, 3.8) is 0 Å². The monoisotopic (exact) mass is 415 g/mol. The largest absolute Gasteiger partial charge is 0.475 e. The number of hydrogen-bond donors (Lipinski definition) is 1. The van der Waals surface area contributed by atoms with Crippen LogP contribution < -0.4 is 5.73 Å². The molecule has 0 unspecified atom stereocenters. The van der Waals surface area contributed by atoms with Crippen molar-refractivity contribution in [1.29, 1.82) is 0 Å². The third-order valence-corrected chi connectivity index (χ3v) is 8.07. The van der Waals surface area contributed by atoms with Crippen LogP contribution in [0.25, 0.3) is 11.1 Å². The molecule has 2 aromatic rings. The molecule has 160 valence electrons. The average Bonchev–Trinajstić information content (AvgIpc) is 3.12. The van der Waals surface area contributed by atoms with Crippen LogP contribution >= 0.6 is 0 Å². The lowest BCUT2D eigenvalue weighted by molar-refractivity contribution is -0.0559. The first-order valence-corrected chi connectivity index (χ1v) is 11.3. The van der Waals surface area contributed by atoms with Gasteiger partial charge in [-0.05, 0) is 72.9 Å². The quantitative estimate of drug-likeness (QED) is 0.761. The minimum absolute atomic E-state index is 0.0299. The second kappa shape index (κ2) is 6.86. The molecule has 2 heterocycles. The molecule has 2 spiro atoms. The number of aromatic nitrogens is 1. The summed E-state index contributed by atoms with van der Waals surface area (Å²) >= 11 is 0. The van der Waals surface area contributed by atoms with Gasteiger partial charge in [0.15, 0.2) is 15.7 Å². The Kier molecular flexibility index (Phi) is 4.57. The molecule has 1 aromatic heterocycles. The fourth-order valence-corrected chi connectivity index (χ4v) is 6.93. The number of aryl methyl sites for hydroxylation is 1. The Bertz CT molecular complexity index is 1070. The first-order chi connectivity index (χ1) is 14.7. The van der Waals surface area contributed by atoms with E-state index in [1.165, 1.54) is 16.7 Å². The first-order valence-electron chi connectivity index (χ1n) is 11.3. The third-order valence-electron chi connectivity index (χ3n) is 8.07. The van der Waals surface area contributed by atoms with Crippen molar-refractivity contribution in [3.8, 4) is 11.1 Å². The van der Waals surface area contributed by atoms with Crippen molar-refractivity contribution in [1.82, 2.24) is 4.98 Å². The molecule has 0 amide bonds. The number of nitrogens with zero attached hydrogens (tertiary/aromatic N) is 2. The topological polar surface area (TPSA) is 69.7 Å². The van der Waals surface area contributed by atoms with E-state index in [9.17, 15) is 0 Å². The van der Waals surface area contributed by atoms with Crippen molar-refractivity contribution < 1.29 is 9.47 Å². The number of hydrogen-bond acceptors (Lipinski definition) is 5. The van der Waals surface area contributed by atoms with Crippen molar-refractivity contribution >= 4 is 21.7 Å². The number of benzene rings is 1. The number of amidine groups is 1. The molecule has 5 rings (SSSR count). The van der Waals surface area contributed by atoms with Crippen molar-refractivity contribution in [2.45, 2.75) is 56.6 Å². The molecule has 3 aliphatic rings. The second-order valence-corrected chi connectivity index (χ2v) is 10.3. The Hall–Kier alpha value is -2.27. The van der Waals surface area contributed by atoms with Gasteiger partial charge in [0.05, 0.1) is 11.5 Å². The molecule has 1 aliphatic heterocycles. The molecule has 0 bridgehead atoms. The summed E-state index contributed by atoms with van der Waals surface area (Å²) in [6, 6.07) is 9.33. The van der Waals surface area contributed by atoms with Crippen LogP contribution in [0.5, 0.6) is 0 Å². The van der Waals surface area contributed by atoms with Gasteiger partial charge in [0.25, 0.3) is 6.02 Å². The van der Waals surface area contributed by atoms with Gasteiger partial charge in [-0.3, -0.25) is 4.98 Å². The summed E-state index contributed by atoms with van der Waals surface area (Å²) in [7, 11) is 6.14. The molecule has 0 radical (unpaired) electrons. The fraction of sp³-hybridized carbons (Fsp3) is 0.500. The van der Waals surface area contributed by atoms with Crippen LogP contribution in [0.1, 0.15) is 42.9 Å². The number of pyridine rings is 1. The molecule has 1 aromatic carbocycles. The third kappa shape index (κ3) is 2.82. The lowest BCUT2D eigenvalue weighted by Gasteiger charge is -2.53. The van der Waals surface area contributed by atoms with Crippen LogP contribution in [0.15, 0.2) is 41.7 Å². The van der Waals surface area contributed by atoms with Gasteiger partial charge in [-0.15, -0.1) is 0 Å². The van der Waals surface area contributed by atoms with E-state index in [1.54, 1.807) is 0 Å². The predicted molar refractivity (Wildman–Crippen MR) is 129 cm³/mol. The van der Waals surface area contributed by atoms with E-state index in [2.05, 4.69) is 58.8 Å². The van der Waals surface area contributed by atoms with E-state index in [4.69, 9.17) is 20.2 Å². The average molecular weight is 415 g/mol. The Labute approximate surface area is 186 Å². The van der Waals surface area contributed by atoms with Crippen LogP contribution in [0.2, 0.25) is 0 Å². The Morgan fingerprint density at radius 3 is 2.65 bits per heavy atom. The van der Waals surface area contributed by atoms with Crippen molar-refractivity contribution in [2.24, 2.45) is 22.1 Å². The molecule has 1 fully saturated rings. The van der Waals surface area contributed by atoms with Crippen LogP contribution in [0, 0.1) is 18.3 Å². The van der Waals surface area contributed by atoms with Crippen LogP contribution in [-0.4, -0.2) is 45.3 Å². The van der Waals surface area contributed by atoms with Gasteiger partial charge in [-0.25, -0.2) is 4.99 Å². The van der Waals surface area contributed by atoms with E-state index in [1.807, 2.05) is 19.5 Å². The maximum Gasteiger partial charge on any atom is 0.282 e. The van der Waals surface area contributed by atoms with E-state index in [0.29, 0.717) is 18.0 Å². The number of ether oxygens (including phenoxy) is 2. The predicted octanol–water partition coefficient (Wildman–Crippen LogP) is 1.89. The van der Waals surface area contributed by atoms with Crippen LogP contribution in [0.4, 0.5) is 0 Å². The molecule has 1 saturated carbocycles. The number of rotatable bonds is 2. The molecular weight excluding hydrogens is 384 g/mol. The fourth-order valence-electron chi connectivity index (χ4n) is 6.93. The number of aliphatic imine (C=N–C) groups is 1. The molecule has 2 N–H and O–H groups in total. The van der Waals surface area contributed by atoms with Gasteiger partial charge in [0.1, 0.15) is 5.54 Å². The number of methoxy groups -OCH3 is 1. The summed E-state index contributed by atoms with van der Waals surface area (Å²) in [5.41, 5.74) is 11.8. The molecule has 5 nitrogen and oxygen atoms in total. The van der Waals surface area contributed by atoms with E-state index in [0.717, 1.165) is 36.8 Å². The molecule has 31 heavy (non-hydrogen) atoms. The summed E-state index contributed by atoms with van der Waals surface area (Å²) < 4.78 is 12.0. The highest BCUT2D eigenvalue weighted by Crippen LogP contribution is 2.65. The lowest BCUT2D eigenvalue weighted by Crippen LogP contribution is -2.60. The Morgan fingerprint density at radius 2 is 2.00 bits per heavy atom. The van der Waals surface area contributed by atoms with E-state index < -0.39 is 10.9 Å². The van der Waals surface area contributed by atoms with Gasteiger partial charge in [-0.2, -0.15) is 0 Å². The lowest BCUT2D eigenvalue weighted by atomic mass is 9.44. The Balaban J connectivity index is 1.70. The zero-order valence-corrected chi connectivity index (χ0v) is 19.2. The first kappa shape index (κ1) is 20.6. The van der Waals surface area contributed by atoms with E-state index >= 15 is 0 Å². The highest BCUT2D eigenvalue weighted by molar-refractivity contribution is 6.41. The van der Waals surface area contributed by atoms with Gasteiger partial charge >= 0.3 is 0 Å². The molecule has 2 aliphatic carbocycles. The molecule has 4 atom stereocenters. The molecular formula is C24H31B2N3O2. The SMILES string of the molecule is BC1(B)OC(N)=N[C@]12c1cc(-c3cncc(C)c3)ccc1C[C@]21CC[C@@H](OC)[C@H](C)C1. The zero-order chi connectivity index (χ0) is 22.0. The maximum absolute atomic E-state index is 6.26. The van der Waals surface area contributed by atoms with Crippen molar-refractivity contribution in [3.05, 3.63) is 53.3 Å². The summed E-state index contributed by atoms with van der Waals surface area (Å²) in [5, 5.41) is -0.522. The van der Waals surface area contributed by atoms with Gasteiger partial charge in [0, 0.05) is 30.5 Å². The minimum atomic E-state index is -0.522. The summed E-state index contributed by atoms with van der Waals surface area (Å²) in [5.74, 6) is 0.457. The smallest absolute Gasteiger partial charge is 0.282 e. The van der Waals surface area contributed by atoms with Crippen LogP contribution in [-0.2, 0) is 21.4 Å². The summed E-state index contributed by atoms with van der Waals surface area (Å²) in [6.07, 6.45) is 8.26. The van der Waals surface area contributed by atoms with Gasteiger partial charge < -0.3 is 15.2 Å². The van der Waals surface area contributed by atoms with Gasteiger partial charge in [0.2, 0.25) is 0 Å². The molecule has 0 saturated heterocycles. The second-order valence-electron chi connectivity index (χ2n) is 10.3. The van der Waals surface area contributed by atoms with Gasteiger partial charge in [-0.1, -0.05) is 19.1 Å². The molecule has 7 heteroatoms. The standard InChI is InChI=1S/C24H31B2N3O2/c1-14-8-18(13-28-12-14)16-4-5-17-11-22(7-6-20(30-3)15(2)10-22)23(19(17)9-16)24(25,26)31-21(27)29-23/h4-5,8-9,12-13,15,20H,6-7,10-11,25-26H2,1-3H3,(H2,27,29)/t15-,20-,22-,23+/m1/s1. The van der Waals surface area contributed by atoms with E-state index in [-0.39, 0.29) is 5.41 Å². The van der Waals surface area contributed by atoms with Crippen LogP contribution in [0.3, 0.4) is 0 Å². The zero-order valence-electron chi connectivity index (χ0n) is 19.2. The maximum atomic E-state index is 6.26. The number of fused-ring (bicyclic) bond motifs is 3.